The highest BCUT2D eigenvalue weighted by atomic mass is 16.4. The van der Waals surface area contributed by atoms with E-state index in [2.05, 4.69) is 5.32 Å². The van der Waals surface area contributed by atoms with Crippen LogP contribution in [0.25, 0.3) is 0 Å². The summed E-state index contributed by atoms with van der Waals surface area (Å²) in [6.45, 7) is 1.89. The van der Waals surface area contributed by atoms with Crippen LogP contribution in [0.15, 0.2) is 30.3 Å². The zero-order valence-corrected chi connectivity index (χ0v) is 12.0. The van der Waals surface area contributed by atoms with Crippen molar-refractivity contribution >= 4 is 11.9 Å². The van der Waals surface area contributed by atoms with Crippen molar-refractivity contribution in [3.63, 3.8) is 0 Å². The molecule has 6 nitrogen and oxygen atoms in total. The number of aliphatic carboxylic acids is 1. The molecule has 0 radical (unpaired) electrons. The third-order valence-corrected chi connectivity index (χ3v) is 3.19. The molecule has 21 heavy (non-hydrogen) atoms. The normalized spacial score (nSPS) is 15.0. The third-order valence-electron chi connectivity index (χ3n) is 3.19. The number of carbonyl (C=O) groups is 2. The summed E-state index contributed by atoms with van der Waals surface area (Å²) < 4.78 is 0. The van der Waals surface area contributed by atoms with Crippen molar-refractivity contribution in [3.8, 4) is 0 Å². The minimum Gasteiger partial charge on any atom is -0.480 e. The molecule has 0 aliphatic rings. The summed E-state index contributed by atoms with van der Waals surface area (Å²) in [5.74, 6) is -1.90. The number of hydrogen-bond acceptors (Lipinski definition) is 4. The third kappa shape index (κ3) is 5.53. The van der Waals surface area contributed by atoms with Crippen molar-refractivity contribution in [2.24, 2.45) is 5.73 Å². The van der Waals surface area contributed by atoms with E-state index >= 15 is 0 Å². The summed E-state index contributed by atoms with van der Waals surface area (Å²) in [6, 6.07) is 7.18. The van der Waals surface area contributed by atoms with Gasteiger partial charge in [0, 0.05) is 12.5 Å². The van der Waals surface area contributed by atoms with Crippen molar-refractivity contribution in [3.05, 3.63) is 35.9 Å². The Morgan fingerprint density at radius 2 is 1.90 bits per heavy atom. The van der Waals surface area contributed by atoms with E-state index in [9.17, 15) is 19.8 Å². The van der Waals surface area contributed by atoms with Gasteiger partial charge in [-0.2, -0.15) is 0 Å². The first kappa shape index (κ1) is 17.1. The minimum absolute atomic E-state index is 0.150. The van der Waals surface area contributed by atoms with Gasteiger partial charge in [-0.25, -0.2) is 4.79 Å². The van der Waals surface area contributed by atoms with E-state index in [1.54, 1.807) is 24.3 Å². The van der Waals surface area contributed by atoms with Gasteiger partial charge in [-0.1, -0.05) is 43.7 Å². The van der Waals surface area contributed by atoms with Gasteiger partial charge in [0.25, 0.3) is 5.91 Å². The summed E-state index contributed by atoms with van der Waals surface area (Å²) in [5, 5.41) is 21.3. The Morgan fingerprint density at radius 3 is 2.43 bits per heavy atom. The summed E-state index contributed by atoms with van der Waals surface area (Å²) >= 11 is 0. The first-order chi connectivity index (χ1) is 9.95. The molecule has 0 bridgehead atoms. The van der Waals surface area contributed by atoms with Crippen LogP contribution in [0, 0.1) is 0 Å². The molecular weight excluding hydrogens is 272 g/mol. The average molecular weight is 294 g/mol. The van der Waals surface area contributed by atoms with E-state index in [1.807, 2.05) is 13.0 Å². The number of aliphatic hydroxyl groups is 1. The molecule has 6 heteroatoms. The van der Waals surface area contributed by atoms with Crippen LogP contribution in [-0.4, -0.2) is 40.3 Å². The number of amides is 1. The Kier molecular flexibility index (Phi) is 6.84. The Labute approximate surface area is 124 Å². The monoisotopic (exact) mass is 294 g/mol. The van der Waals surface area contributed by atoms with Crippen molar-refractivity contribution in [2.75, 3.05) is 0 Å². The van der Waals surface area contributed by atoms with Crippen molar-refractivity contribution < 1.29 is 19.8 Å². The van der Waals surface area contributed by atoms with Gasteiger partial charge in [0.15, 0.2) is 0 Å². The van der Waals surface area contributed by atoms with E-state index in [1.165, 1.54) is 0 Å². The van der Waals surface area contributed by atoms with Crippen LogP contribution in [-0.2, 0) is 16.0 Å². The molecule has 0 aliphatic heterocycles. The van der Waals surface area contributed by atoms with Crippen LogP contribution in [0.4, 0.5) is 0 Å². The number of aliphatic hydroxyl groups excluding tert-OH is 1. The van der Waals surface area contributed by atoms with E-state index in [-0.39, 0.29) is 6.42 Å². The van der Waals surface area contributed by atoms with Crippen LogP contribution in [0.3, 0.4) is 0 Å². The molecule has 0 spiro atoms. The molecule has 0 heterocycles. The molecule has 1 aromatic rings. The molecule has 1 aromatic carbocycles. The molecule has 0 saturated heterocycles. The maximum Gasteiger partial charge on any atom is 0.326 e. The Bertz CT molecular complexity index is 464. The molecule has 5 N–H and O–H groups in total. The predicted molar refractivity (Wildman–Crippen MR) is 78.6 cm³/mol. The lowest BCUT2D eigenvalue weighted by Crippen LogP contribution is -2.51. The fourth-order valence-corrected chi connectivity index (χ4v) is 1.99. The molecule has 3 unspecified atom stereocenters. The highest BCUT2D eigenvalue weighted by Gasteiger charge is 2.27. The van der Waals surface area contributed by atoms with Crippen LogP contribution in [0.2, 0.25) is 0 Å². The zero-order valence-electron chi connectivity index (χ0n) is 12.0. The number of nitrogens with one attached hydrogen (secondary N) is 1. The SMILES string of the molecule is CCCC(N)C(O)C(=O)NC(Cc1ccccc1)C(=O)O. The molecule has 3 atom stereocenters. The maximum atomic E-state index is 11.9. The largest absolute Gasteiger partial charge is 0.480 e. The molecule has 1 amide bonds. The van der Waals surface area contributed by atoms with E-state index in [4.69, 9.17) is 5.73 Å². The van der Waals surface area contributed by atoms with Gasteiger partial charge in [0.1, 0.15) is 12.1 Å². The number of hydrogen-bond donors (Lipinski definition) is 4. The molecule has 116 valence electrons. The van der Waals surface area contributed by atoms with Crippen molar-refractivity contribution in [1.82, 2.24) is 5.32 Å². The van der Waals surface area contributed by atoms with Gasteiger partial charge in [0.05, 0.1) is 0 Å². The lowest BCUT2D eigenvalue weighted by atomic mass is 10.0. The predicted octanol–water partition coefficient (Wildman–Crippen LogP) is 0.287. The lowest BCUT2D eigenvalue weighted by molar-refractivity contribution is -0.143. The summed E-state index contributed by atoms with van der Waals surface area (Å²) in [4.78, 5) is 23.1. The highest BCUT2D eigenvalue weighted by Crippen LogP contribution is 2.05. The maximum absolute atomic E-state index is 11.9. The Balaban J connectivity index is 2.66. The fourth-order valence-electron chi connectivity index (χ4n) is 1.99. The Hall–Kier alpha value is -1.92. The van der Waals surface area contributed by atoms with Crippen LogP contribution >= 0.6 is 0 Å². The number of benzene rings is 1. The average Bonchev–Trinajstić information content (AvgIpc) is 2.46. The van der Waals surface area contributed by atoms with Crippen LogP contribution in [0.5, 0.6) is 0 Å². The molecule has 0 fully saturated rings. The van der Waals surface area contributed by atoms with Gasteiger partial charge >= 0.3 is 5.97 Å². The minimum atomic E-state index is -1.40. The first-order valence-electron chi connectivity index (χ1n) is 6.96. The van der Waals surface area contributed by atoms with E-state index in [0.717, 1.165) is 12.0 Å². The van der Waals surface area contributed by atoms with Crippen molar-refractivity contribution in [2.45, 2.75) is 44.4 Å². The van der Waals surface area contributed by atoms with Crippen molar-refractivity contribution in [1.29, 1.82) is 0 Å². The topological polar surface area (TPSA) is 113 Å². The molecule has 0 aromatic heterocycles. The van der Waals surface area contributed by atoms with E-state index < -0.39 is 30.1 Å². The summed E-state index contributed by atoms with van der Waals surface area (Å²) in [7, 11) is 0. The standard InChI is InChI=1S/C15H22N2O4/c1-2-6-11(16)13(18)14(19)17-12(15(20)21)9-10-7-4-3-5-8-10/h3-5,7-8,11-13,18H,2,6,9,16H2,1H3,(H,17,19)(H,20,21). The smallest absolute Gasteiger partial charge is 0.326 e. The number of rotatable bonds is 8. The lowest BCUT2D eigenvalue weighted by Gasteiger charge is -2.21. The summed E-state index contributed by atoms with van der Waals surface area (Å²) in [5.41, 5.74) is 6.46. The number of carboxylic acids is 1. The molecular formula is C15H22N2O4. The molecule has 0 saturated carbocycles. The highest BCUT2D eigenvalue weighted by molar-refractivity contribution is 5.86. The van der Waals surface area contributed by atoms with E-state index in [0.29, 0.717) is 6.42 Å². The zero-order chi connectivity index (χ0) is 15.8. The van der Waals surface area contributed by atoms with Gasteiger partial charge in [-0.15, -0.1) is 0 Å². The molecule has 1 rings (SSSR count). The first-order valence-corrected chi connectivity index (χ1v) is 6.96. The fraction of sp³-hybridized carbons (Fsp3) is 0.467. The number of nitrogens with two attached hydrogens (primary N) is 1. The van der Waals surface area contributed by atoms with Crippen LogP contribution < -0.4 is 11.1 Å². The quantitative estimate of drug-likeness (QED) is 0.550. The van der Waals surface area contributed by atoms with Gasteiger partial charge < -0.3 is 21.3 Å². The molecule has 0 aliphatic carbocycles. The van der Waals surface area contributed by atoms with Gasteiger partial charge in [-0.05, 0) is 12.0 Å². The number of carboxylic acid groups (broad SMARTS) is 1. The van der Waals surface area contributed by atoms with Gasteiger partial charge in [0.2, 0.25) is 0 Å². The second-order valence-electron chi connectivity index (χ2n) is 4.99. The number of carbonyl (C=O) groups excluding carboxylic acids is 1. The van der Waals surface area contributed by atoms with Gasteiger partial charge in [-0.3, -0.25) is 4.79 Å². The second-order valence-corrected chi connectivity index (χ2v) is 4.99. The Morgan fingerprint density at radius 1 is 1.29 bits per heavy atom. The van der Waals surface area contributed by atoms with Crippen LogP contribution in [0.1, 0.15) is 25.3 Å². The summed E-state index contributed by atoms with van der Waals surface area (Å²) in [6.07, 6.45) is -0.0249. The second kappa shape index (κ2) is 8.39.